The third-order valence-corrected chi connectivity index (χ3v) is 17.2. The lowest BCUT2D eigenvalue weighted by molar-refractivity contribution is -0.870. The summed E-state index contributed by atoms with van der Waals surface area (Å²) in [6.07, 6.45) is 105. The van der Waals surface area contributed by atoms with Crippen LogP contribution in [0.5, 0.6) is 0 Å². The molecule has 0 aromatic carbocycles. The number of carboxylic acids is 1. The molecule has 0 spiro atoms. The summed E-state index contributed by atoms with van der Waals surface area (Å²) < 4.78 is 23.0. The number of carbonyl (C=O) groups excluding carboxylic acids is 2. The molecule has 0 heterocycles. The second-order valence-corrected chi connectivity index (χ2v) is 27.6. The van der Waals surface area contributed by atoms with Crippen LogP contribution in [0.4, 0.5) is 0 Å². The average molecular weight is 1330 g/mol. The molecule has 2 unspecified atom stereocenters. The summed E-state index contributed by atoms with van der Waals surface area (Å²) in [5.41, 5.74) is 0. The molecule has 0 fully saturated rings. The second-order valence-electron chi connectivity index (χ2n) is 27.6. The van der Waals surface area contributed by atoms with Gasteiger partial charge < -0.3 is 28.5 Å². The fourth-order valence-electron chi connectivity index (χ4n) is 11.2. The number of rotatable bonds is 73. The average Bonchev–Trinajstić information content (AvgIpc) is 3.24. The smallest absolute Gasteiger partial charge is 0.361 e. The number of carboxylic acid groups (broad SMARTS) is 1. The predicted molar refractivity (Wildman–Crippen MR) is 410 cm³/mol. The largest absolute Gasteiger partial charge is 0.477 e. The molecule has 0 rings (SSSR count). The van der Waals surface area contributed by atoms with E-state index in [1.807, 2.05) is 21.1 Å². The third kappa shape index (κ3) is 76.9. The van der Waals surface area contributed by atoms with Crippen LogP contribution >= 0.6 is 0 Å². The van der Waals surface area contributed by atoms with Crippen molar-refractivity contribution in [2.45, 2.75) is 360 Å². The van der Waals surface area contributed by atoms with Crippen LogP contribution in [0, 0.1) is 0 Å². The Morgan fingerprint density at radius 3 is 0.895 bits per heavy atom. The molecular weight excluding hydrogens is 1170 g/mol. The Balaban J connectivity index is 4.05. The Kier molecular flexibility index (Phi) is 72.0. The highest BCUT2D eigenvalue weighted by molar-refractivity contribution is 5.71. The van der Waals surface area contributed by atoms with Crippen LogP contribution in [0.15, 0.2) is 122 Å². The SMILES string of the molecule is CC/C=C\C/C=C\C/C=C\C/C=C\C/C=C\C/C=C\C/C=C\C/C=C\CCCCCCCCC(=O)OC(COC(=O)CCCCCCCCCCCCCCCCCCCCCCCCCCCCC/C=C\C/C=C\CCCCCCC)COC(OCC[N+](C)(C)C)C(=O)O. The van der Waals surface area contributed by atoms with Crippen LogP contribution in [0.1, 0.15) is 348 Å². The van der Waals surface area contributed by atoms with Gasteiger partial charge >= 0.3 is 17.9 Å². The summed E-state index contributed by atoms with van der Waals surface area (Å²) in [7, 11) is 5.98. The molecule has 0 amide bonds. The molecular formula is C86H150NO8+. The monoisotopic (exact) mass is 1330 g/mol. The van der Waals surface area contributed by atoms with Gasteiger partial charge in [-0.3, -0.25) is 9.59 Å². The van der Waals surface area contributed by atoms with E-state index in [1.54, 1.807) is 0 Å². The number of allylic oxidation sites excluding steroid dienone is 20. The van der Waals surface area contributed by atoms with Crippen LogP contribution in [0.2, 0.25) is 0 Å². The molecule has 9 heteroatoms. The Labute approximate surface area is 587 Å². The van der Waals surface area contributed by atoms with Crippen molar-refractivity contribution in [2.24, 2.45) is 0 Å². The van der Waals surface area contributed by atoms with Gasteiger partial charge in [0, 0.05) is 12.8 Å². The quantitative estimate of drug-likeness (QED) is 0.0211. The number of ether oxygens (including phenoxy) is 4. The molecule has 1 N–H and O–H groups in total. The lowest BCUT2D eigenvalue weighted by Crippen LogP contribution is -2.40. The van der Waals surface area contributed by atoms with E-state index in [0.717, 1.165) is 116 Å². The van der Waals surface area contributed by atoms with Crippen LogP contribution < -0.4 is 0 Å². The van der Waals surface area contributed by atoms with Crippen LogP contribution in [-0.2, 0) is 33.3 Å². The van der Waals surface area contributed by atoms with Gasteiger partial charge in [-0.25, -0.2) is 4.79 Å². The number of aliphatic carboxylic acids is 1. The number of quaternary nitrogens is 1. The molecule has 0 aliphatic carbocycles. The Morgan fingerprint density at radius 2 is 0.600 bits per heavy atom. The van der Waals surface area contributed by atoms with Crippen LogP contribution in [-0.4, -0.2) is 87.4 Å². The maximum atomic E-state index is 13.0. The number of hydrogen-bond donors (Lipinski definition) is 1. The standard InChI is InChI=1S/C86H149NO8/c1-6-8-10-12-14-16-18-20-22-24-26-28-30-32-34-36-38-39-40-41-42-43-44-45-47-48-50-52-54-56-58-60-62-64-66-68-70-72-74-76-83(88)93-80-82(81-94-86(85(90)91)92-79-78-87(3,4)5)95-84(89)77-75-73-71-69-67-65-63-61-59-57-55-53-51-49-46-37-35-33-31-29-27-25-23-21-19-17-15-13-11-9-7-2/h9,11,15,17-18,20-21,23-24,26-27,29,33,35,46,49,53,55,59,61,82,86H,6-8,10,12-14,16,19,22,25,28,30-32,34,36-45,47-48,50-52,54,56-58,60,62-81H2,1-5H3/p+1/b11-9-,17-15-,20-18-,23-21-,26-24-,29-27-,35-33-,49-46-,55-53-,61-59-. The predicted octanol–water partition coefficient (Wildman–Crippen LogP) is 25.5. The Hall–Kier alpha value is -4.31. The van der Waals surface area contributed by atoms with Crippen molar-refractivity contribution in [2.75, 3.05) is 47.5 Å². The third-order valence-electron chi connectivity index (χ3n) is 17.2. The van der Waals surface area contributed by atoms with Gasteiger partial charge in [-0.1, -0.05) is 347 Å². The summed E-state index contributed by atoms with van der Waals surface area (Å²) in [4.78, 5) is 37.7. The lowest BCUT2D eigenvalue weighted by atomic mass is 10.0. The first-order chi connectivity index (χ1) is 46.6. The zero-order valence-electron chi connectivity index (χ0n) is 62.6. The van der Waals surface area contributed by atoms with Gasteiger partial charge in [0.2, 0.25) is 0 Å². The van der Waals surface area contributed by atoms with Crippen LogP contribution in [0.3, 0.4) is 0 Å². The molecule has 0 saturated carbocycles. The molecule has 95 heavy (non-hydrogen) atoms. The van der Waals surface area contributed by atoms with E-state index in [-0.39, 0.29) is 32.2 Å². The summed E-state index contributed by atoms with van der Waals surface area (Å²) in [5.74, 6) is -2.02. The van der Waals surface area contributed by atoms with Crippen molar-refractivity contribution >= 4 is 17.9 Å². The summed E-state index contributed by atoms with van der Waals surface area (Å²) in [5, 5.41) is 9.77. The van der Waals surface area contributed by atoms with Crippen molar-refractivity contribution in [3.05, 3.63) is 122 Å². The highest BCUT2D eigenvalue weighted by Gasteiger charge is 2.25. The van der Waals surface area contributed by atoms with Gasteiger partial charge in [-0.2, -0.15) is 0 Å². The molecule has 0 aliphatic rings. The molecule has 0 radical (unpaired) electrons. The van der Waals surface area contributed by atoms with Crippen molar-refractivity contribution in [1.29, 1.82) is 0 Å². The Morgan fingerprint density at radius 1 is 0.326 bits per heavy atom. The van der Waals surface area contributed by atoms with Crippen molar-refractivity contribution < 1.29 is 42.9 Å². The fourth-order valence-corrected chi connectivity index (χ4v) is 11.2. The van der Waals surface area contributed by atoms with E-state index < -0.39 is 24.3 Å². The zero-order valence-corrected chi connectivity index (χ0v) is 62.6. The van der Waals surface area contributed by atoms with Gasteiger partial charge in [-0.05, 0) is 109 Å². The molecule has 2 atom stereocenters. The zero-order chi connectivity index (χ0) is 69.0. The van der Waals surface area contributed by atoms with E-state index in [9.17, 15) is 19.5 Å². The lowest BCUT2D eigenvalue weighted by Gasteiger charge is -2.25. The minimum absolute atomic E-state index is 0.180. The normalized spacial score (nSPS) is 13.3. The molecule has 0 aromatic rings. The number of carbonyl (C=O) groups is 3. The van der Waals surface area contributed by atoms with E-state index >= 15 is 0 Å². The minimum Gasteiger partial charge on any atom is -0.477 e. The molecule has 0 saturated heterocycles. The first kappa shape index (κ1) is 90.7. The van der Waals surface area contributed by atoms with E-state index in [2.05, 4.69) is 135 Å². The Bertz CT molecular complexity index is 1980. The number of unbranched alkanes of at least 4 members (excludes halogenated alkanes) is 38. The summed E-state index contributed by atoms with van der Waals surface area (Å²) >= 11 is 0. The maximum absolute atomic E-state index is 13.0. The summed E-state index contributed by atoms with van der Waals surface area (Å²) in [6.45, 7) is 4.76. The van der Waals surface area contributed by atoms with Gasteiger partial charge in [0.25, 0.3) is 6.29 Å². The molecule has 9 nitrogen and oxygen atoms in total. The van der Waals surface area contributed by atoms with E-state index in [4.69, 9.17) is 18.9 Å². The highest BCUT2D eigenvalue weighted by atomic mass is 16.7. The van der Waals surface area contributed by atoms with Crippen LogP contribution in [0.25, 0.3) is 0 Å². The molecule has 0 bridgehead atoms. The van der Waals surface area contributed by atoms with Crippen molar-refractivity contribution in [1.82, 2.24) is 0 Å². The van der Waals surface area contributed by atoms with Crippen molar-refractivity contribution in [3.63, 3.8) is 0 Å². The minimum atomic E-state index is -1.52. The summed E-state index contributed by atoms with van der Waals surface area (Å²) in [6, 6.07) is 0. The number of hydrogen-bond acceptors (Lipinski definition) is 7. The number of nitrogens with zero attached hydrogens (tertiary/aromatic N) is 1. The fraction of sp³-hybridized carbons (Fsp3) is 0.733. The number of esters is 2. The first-order valence-electron chi connectivity index (χ1n) is 39.7. The molecule has 546 valence electrons. The topological polar surface area (TPSA) is 108 Å². The van der Waals surface area contributed by atoms with Gasteiger partial charge in [0.1, 0.15) is 13.2 Å². The van der Waals surface area contributed by atoms with E-state index in [1.165, 1.54) is 199 Å². The van der Waals surface area contributed by atoms with E-state index in [0.29, 0.717) is 23.9 Å². The second kappa shape index (κ2) is 75.5. The highest BCUT2D eigenvalue weighted by Crippen LogP contribution is 2.18. The van der Waals surface area contributed by atoms with Gasteiger partial charge in [0.15, 0.2) is 6.10 Å². The van der Waals surface area contributed by atoms with Gasteiger partial charge in [-0.15, -0.1) is 0 Å². The van der Waals surface area contributed by atoms with Crippen molar-refractivity contribution in [3.8, 4) is 0 Å². The number of likely N-dealkylation sites (N-methyl/N-ethyl adjacent to an activating group) is 1. The molecule has 0 aliphatic heterocycles. The van der Waals surface area contributed by atoms with Gasteiger partial charge in [0.05, 0.1) is 34.4 Å². The molecule has 0 aromatic heterocycles. The maximum Gasteiger partial charge on any atom is 0.361 e. The first-order valence-corrected chi connectivity index (χ1v) is 39.7.